The topological polar surface area (TPSA) is 71.1 Å². The molecule has 0 atom stereocenters. The van der Waals surface area contributed by atoms with Crippen molar-refractivity contribution in [2.75, 3.05) is 27.9 Å². The van der Waals surface area contributed by atoms with Gasteiger partial charge in [-0.2, -0.15) is 0 Å². The Hall–Kier alpha value is -4.06. The molecule has 0 bridgehead atoms. The number of Topliss-reactive ketones (excluding diaryl/α,β-unsaturated/α-hetero) is 1. The SMILES string of the molecule is COc1ccc(OC)c(C(=O)COC(=O)/C(=C/c2ccccc2OC)c2ccccc2)c1. The van der Waals surface area contributed by atoms with E-state index >= 15 is 0 Å². The largest absolute Gasteiger partial charge is 0.497 e. The fraction of sp³-hybridized carbons (Fsp3) is 0.154. The van der Waals surface area contributed by atoms with E-state index in [1.165, 1.54) is 14.2 Å². The van der Waals surface area contributed by atoms with Gasteiger partial charge in [0.15, 0.2) is 6.61 Å². The van der Waals surface area contributed by atoms with Crippen LogP contribution >= 0.6 is 0 Å². The van der Waals surface area contributed by atoms with E-state index in [1.807, 2.05) is 36.4 Å². The molecule has 164 valence electrons. The Bertz CT molecular complexity index is 1120. The first kappa shape index (κ1) is 22.6. The van der Waals surface area contributed by atoms with E-state index < -0.39 is 18.4 Å². The summed E-state index contributed by atoms with van der Waals surface area (Å²) in [7, 11) is 4.53. The molecule has 0 amide bonds. The lowest BCUT2D eigenvalue weighted by molar-refractivity contribution is -0.135. The number of carbonyl (C=O) groups excluding carboxylic acids is 2. The number of methoxy groups -OCH3 is 3. The summed E-state index contributed by atoms with van der Waals surface area (Å²) in [5.41, 5.74) is 1.96. The van der Waals surface area contributed by atoms with Gasteiger partial charge in [-0.25, -0.2) is 4.79 Å². The standard InChI is InChI=1S/C26H24O6/c1-29-20-13-14-25(31-3)22(16-20)23(27)17-32-26(28)21(18-9-5-4-6-10-18)15-19-11-7-8-12-24(19)30-2/h4-16H,17H2,1-3H3/b21-15+. The van der Waals surface area contributed by atoms with Crippen molar-refractivity contribution in [3.05, 3.63) is 89.5 Å². The predicted molar refractivity (Wildman–Crippen MR) is 122 cm³/mol. The molecule has 0 radical (unpaired) electrons. The Balaban J connectivity index is 1.87. The fourth-order valence-corrected chi connectivity index (χ4v) is 3.14. The molecule has 0 aliphatic rings. The third kappa shape index (κ3) is 5.35. The van der Waals surface area contributed by atoms with Crippen molar-refractivity contribution in [1.29, 1.82) is 0 Å². The normalized spacial score (nSPS) is 10.9. The molecule has 0 fully saturated rings. The highest BCUT2D eigenvalue weighted by atomic mass is 16.5. The second-order valence-electron chi connectivity index (χ2n) is 6.73. The second-order valence-corrected chi connectivity index (χ2v) is 6.73. The van der Waals surface area contributed by atoms with Crippen LogP contribution in [-0.2, 0) is 9.53 Å². The number of rotatable bonds is 9. The maximum Gasteiger partial charge on any atom is 0.339 e. The average Bonchev–Trinajstić information content (AvgIpc) is 2.85. The number of ether oxygens (including phenoxy) is 4. The van der Waals surface area contributed by atoms with Crippen molar-refractivity contribution >= 4 is 23.4 Å². The minimum atomic E-state index is -0.627. The molecule has 0 saturated carbocycles. The Morgan fingerprint density at radius 1 is 0.781 bits per heavy atom. The fourth-order valence-electron chi connectivity index (χ4n) is 3.14. The lowest BCUT2D eigenvalue weighted by atomic mass is 10.0. The molecule has 0 spiro atoms. The number of hydrogen-bond donors (Lipinski definition) is 0. The van der Waals surface area contributed by atoms with Gasteiger partial charge in [0.05, 0.1) is 32.5 Å². The van der Waals surface area contributed by atoms with E-state index in [2.05, 4.69) is 0 Å². The van der Waals surface area contributed by atoms with Gasteiger partial charge in [0.25, 0.3) is 0 Å². The van der Waals surface area contributed by atoms with E-state index in [4.69, 9.17) is 18.9 Å². The van der Waals surface area contributed by atoms with Gasteiger partial charge in [-0.1, -0.05) is 48.5 Å². The summed E-state index contributed by atoms with van der Waals surface area (Å²) >= 11 is 0. The zero-order valence-electron chi connectivity index (χ0n) is 18.2. The van der Waals surface area contributed by atoms with Gasteiger partial charge >= 0.3 is 5.97 Å². The highest BCUT2D eigenvalue weighted by molar-refractivity contribution is 6.22. The van der Waals surface area contributed by atoms with E-state index in [9.17, 15) is 9.59 Å². The highest BCUT2D eigenvalue weighted by Gasteiger charge is 2.19. The number of carbonyl (C=O) groups is 2. The van der Waals surface area contributed by atoms with E-state index in [-0.39, 0.29) is 5.56 Å². The van der Waals surface area contributed by atoms with Crippen molar-refractivity contribution in [2.45, 2.75) is 0 Å². The molecule has 0 unspecified atom stereocenters. The van der Waals surface area contributed by atoms with E-state index in [1.54, 1.807) is 49.6 Å². The molecule has 0 heterocycles. The predicted octanol–water partition coefficient (Wildman–Crippen LogP) is 4.68. The Morgan fingerprint density at radius 3 is 2.16 bits per heavy atom. The zero-order chi connectivity index (χ0) is 22.9. The van der Waals surface area contributed by atoms with Gasteiger partial charge in [-0.15, -0.1) is 0 Å². The van der Waals surface area contributed by atoms with Crippen LogP contribution < -0.4 is 14.2 Å². The molecular weight excluding hydrogens is 408 g/mol. The minimum absolute atomic E-state index is 0.273. The van der Waals surface area contributed by atoms with Gasteiger partial charge in [0.1, 0.15) is 17.2 Å². The Morgan fingerprint density at radius 2 is 1.47 bits per heavy atom. The quantitative estimate of drug-likeness (QED) is 0.212. The molecule has 3 rings (SSSR count). The average molecular weight is 432 g/mol. The molecule has 0 aliphatic carbocycles. The summed E-state index contributed by atoms with van der Waals surface area (Å²) in [5.74, 6) is 0.461. The molecule has 32 heavy (non-hydrogen) atoms. The van der Waals surface area contributed by atoms with E-state index in [0.29, 0.717) is 33.9 Å². The van der Waals surface area contributed by atoms with Crippen LogP contribution in [0.5, 0.6) is 17.2 Å². The third-order valence-corrected chi connectivity index (χ3v) is 4.78. The van der Waals surface area contributed by atoms with Crippen LogP contribution in [0.25, 0.3) is 11.6 Å². The van der Waals surface area contributed by atoms with Gasteiger partial charge in [-0.05, 0) is 35.9 Å². The molecule has 6 heteroatoms. The van der Waals surface area contributed by atoms with Crippen molar-refractivity contribution in [3.8, 4) is 17.2 Å². The summed E-state index contributed by atoms with van der Waals surface area (Å²) in [6.07, 6.45) is 1.69. The van der Waals surface area contributed by atoms with Gasteiger partial charge in [0.2, 0.25) is 5.78 Å². The minimum Gasteiger partial charge on any atom is -0.497 e. The number of para-hydroxylation sites is 1. The molecule has 6 nitrogen and oxygen atoms in total. The highest BCUT2D eigenvalue weighted by Crippen LogP contribution is 2.27. The molecule has 0 saturated heterocycles. The van der Waals surface area contributed by atoms with Crippen molar-refractivity contribution in [3.63, 3.8) is 0 Å². The van der Waals surface area contributed by atoms with Crippen LogP contribution in [0.15, 0.2) is 72.8 Å². The maximum atomic E-state index is 13.0. The summed E-state index contributed by atoms with van der Waals surface area (Å²) in [4.78, 5) is 25.8. The monoisotopic (exact) mass is 432 g/mol. The number of hydrogen-bond acceptors (Lipinski definition) is 6. The van der Waals surface area contributed by atoms with Crippen molar-refractivity contribution in [1.82, 2.24) is 0 Å². The summed E-state index contributed by atoms with van der Waals surface area (Å²) < 4.78 is 21.2. The Kier molecular flexibility index (Phi) is 7.65. The van der Waals surface area contributed by atoms with Crippen LogP contribution in [0.1, 0.15) is 21.5 Å². The van der Waals surface area contributed by atoms with E-state index in [0.717, 1.165) is 0 Å². The van der Waals surface area contributed by atoms with Crippen LogP contribution in [0.2, 0.25) is 0 Å². The smallest absolute Gasteiger partial charge is 0.339 e. The molecule has 0 aromatic heterocycles. The first-order valence-corrected chi connectivity index (χ1v) is 9.90. The third-order valence-electron chi connectivity index (χ3n) is 4.78. The summed E-state index contributed by atoms with van der Waals surface area (Å²) in [5, 5.41) is 0. The molecule has 3 aromatic rings. The maximum absolute atomic E-state index is 13.0. The van der Waals surface area contributed by atoms with Gasteiger partial charge in [0, 0.05) is 5.56 Å². The van der Waals surface area contributed by atoms with Crippen LogP contribution in [-0.4, -0.2) is 39.7 Å². The Labute approximate surface area is 187 Å². The lowest BCUT2D eigenvalue weighted by Crippen LogP contribution is -2.16. The lowest BCUT2D eigenvalue weighted by Gasteiger charge is -2.12. The second kappa shape index (κ2) is 10.8. The van der Waals surface area contributed by atoms with Crippen LogP contribution in [0.3, 0.4) is 0 Å². The summed E-state index contributed by atoms with van der Waals surface area (Å²) in [6, 6.07) is 21.3. The van der Waals surface area contributed by atoms with Crippen molar-refractivity contribution < 1.29 is 28.5 Å². The molecule has 0 aliphatic heterocycles. The number of esters is 1. The summed E-state index contributed by atoms with van der Waals surface area (Å²) in [6.45, 7) is -0.446. The van der Waals surface area contributed by atoms with Crippen LogP contribution in [0, 0.1) is 0 Å². The number of benzene rings is 3. The molecular formula is C26H24O6. The molecule has 3 aromatic carbocycles. The first-order chi connectivity index (χ1) is 15.6. The number of ketones is 1. The van der Waals surface area contributed by atoms with Crippen molar-refractivity contribution in [2.24, 2.45) is 0 Å². The van der Waals surface area contributed by atoms with Crippen LogP contribution in [0.4, 0.5) is 0 Å². The molecule has 0 N–H and O–H groups in total. The zero-order valence-corrected chi connectivity index (χ0v) is 18.2. The van der Waals surface area contributed by atoms with Gasteiger partial charge < -0.3 is 18.9 Å². The first-order valence-electron chi connectivity index (χ1n) is 9.90. The van der Waals surface area contributed by atoms with Gasteiger partial charge in [-0.3, -0.25) is 4.79 Å².